The quantitative estimate of drug-likeness (QED) is 0.387. The zero-order valence-corrected chi connectivity index (χ0v) is 20.2. The van der Waals surface area contributed by atoms with E-state index in [2.05, 4.69) is 22.2 Å². The van der Waals surface area contributed by atoms with Gasteiger partial charge in [0.15, 0.2) is 0 Å². The Morgan fingerprint density at radius 1 is 0.941 bits per heavy atom. The molecule has 0 radical (unpaired) electrons. The summed E-state index contributed by atoms with van der Waals surface area (Å²) in [5.41, 5.74) is 4.29. The Bertz CT molecular complexity index is 1290. The fourth-order valence-corrected chi connectivity index (χ4v) is 4.66. The van der Waals surface area contributed by atoms with Crippen LogP contribution in [-0.2, 0) is 0 Å². The first-order chi connectivity index (χ1) is 16.5. The van der Waals surface area contributed by atoms with Gasteiger partial charge in [-0.15, -0.1) is 0 Å². The van der Waals surface area contributed by atoms with Gasteiger partial charge in [0, 0.05) is 42.2 Å². The van der Waals surface area contributed by atoms with Crippen LogP contribution in [0.2, 0.25) is 5.02 Å². The Kier molecular flexibility index (Phi) is 6.42. The molecule has 6 heteroatoms. The van der Waals surface area contributed by atoms with Crippen molar-refractivity contribution in [3.8, 4) is 0 Å². The van der Waals surface area contributed by atoms with Crippen molar-refractivity contribution in [3.63, 3.8) is 0 Å². The van der Waals surface area contributed by atoms with Gasteiger partial charge in [-0.25, -0.2) is 0 Å². The lowest BCUT2D eigenvalue weighted by atomic mass is 10.00. The predicted octanol–water partition coefficient (Wildman–Crippen LogP) is 5.98. The average Bonchev–Trinajstić information content (AvgIpc) is 3.20. The van der Waals surface area contributed by atoms with Crippen molar-refractivity contribution in [2.24, 2.45) is 0 Å². The lowest BCUT2D eigenvalue weighted by Crippen LogP contribution is -2.46. The van der Waals surface area contributed by atoms with E-state index in [0.29, 0.717) is 10.6 Å². The fourth-order valence-electron chi connectivity index (χ4n) is 4.53. The number of hydrogen-bond acceptors (Lipinski definition) is 4. The maximum atomic E-state index is 13.3. The first-order valence-corrected chi connectivity index (χ1v) is 11.9. The monoisotopic (exact) mass is 473 g/mol. The summed E-state index contributed by atoms with van der Waals surface area (Å²) in [5, 5.41) is 4.77. The van der Waals surface area contributed by atoms with E-state index < -0.39 is 0 Å². The van der Waals surface area contributed by atoms with Gasteiger partial charge in [-0.05, 0) is 55.9 Å². The molecular weight excluding hydrogens is 446 g/mol. The lowest BCUT2D eigenvalue weighted by molar-refractivity contribution is 0.102. The molecule has 1 saturated heterocycles. The number of fused-ring (bicyclic) bond motifs is 1. The summed E-state index contributed by atoms with van der Waals surface area (Å²) in [5.74, 6) is 0.592. The molecule has 3 aromatic carbocycles. The Morgan fingerprint density at radius 2 is 1.62 bits per heavy atom. The second-order valence-corrected chi connectivity index (χ2v) is 9.39. The number of nitrogens with zero attached hydrogens (tertiary/aromatic N) is 2. The number of aryl methyl sites for hydroxylation is 1. The van der Waals surface area contributed by atoms with Crippen LogP contribution in [0.3, 0.4) is 0 Å². The summed E-state index contributed by atoms with van der Waals surface area (Å²) >= 11 is 6.21. The van der Waals surface area contributed by atoms with E-state index in [-0.39, 0.29) is 11.9 Å². The molecule has 1 amide bonds. The highest BCUT2D eigenvalue weighted by molar-refractivity contribution is 6.30. The molecule has 0 unspecified atom stereocenters. The van der Waals surface area contributed by atoms with Gasteiger partial charge in [0.05, 0.1) is 11.7 Å². The lowest BCUT2D eigenvalue weighted by Gasteiger charge is -2.37. The Labute approximate surface area is 204 Å². The minimum atomic E-state index is -0.152. The number of carbonyl (C=O) groups excluding carboxylic acids is 1. The topological polar surface area (TPSA) is 48.7 Å². The fraction of sp³-hybridized carbons (Fsp3) is 0.250. The second kappa shape index (κ2) is 9.63. The Hall–Kier alpha value is -3.12. The summed E-state index contributed by atoms with van der Waals surface area (Å²) < 4.78 is 6.48. The van der Waals surface area contributed by atoms with E-state index in [1.165, 1.54) is 0 Å². The number of benzene rings is 3. The van der Waals surface area contributed by atoms with Crippen molar-refractivity contribution in [2.45, 2.75) is 13.0 Å². The van der Waals surface area contributed by atoms with Crippen molar-refractivity contribution in [3.05, 3.63) is 100 Å². The van der Waals surface area contributed by atoms with Crippen LogP contribution in [0.1, 0.15) is 33.3 Å². The molecule has 5 nitrogen and oxygen atoms in total. The minimum Gasteiger partial charge on any atom is -0.457 e. The van der Waals surface area contributed by atoms with Crippen molar-refractivity contribution >= 4 is 34.2 Å². The van der Waals surface area contributed by atoms with Gasteiger partial charge in [-0.3, -0.25) is 9.69 Å². The molecule has 1 atom stereocenters. The van der Waals surface area contributed by atoms with E-state index in [4.69, 9.17) is 16.0 Å². The normalized spacial score (nSPS) is 16.0. The summed E-state index contributed by atoms with van der Waals surface area (Å²) in [6.45, 7) is 5.74. The number of para-hydroxylation sites is 1. The highest BCUT2D eigenvalue weighted by Crippen LogP contribution is 2.41. The first-order valence-electron chi connectivity index (χ1n) is 11.6. The summed E-state index contributed by atoms with van der Waals surface area (Å²) in [4.78, 5) is 18.0. The number of hydrogen-bond donors (Lipinski definition) is 1. The molecule has 34 heavy (non-hydrogen) atoms. The molecule has 4 aromatic rings. The van der Waals surface area contributed by atoms with Crippen LogP contribution in [-0.4, -0.2) is 48.9 Å². The largest absolute Gasteiger partial charge is 0.457 e. The van der Waals surface area contributed by atoms with Gasteiger partial charge in [0.2, 0.25) is 0 Å². The van der Waals surface area contributed by atoms with Crippen molar-refractivity contribution in [1.82, 2.24) is 9.80 Å². The Morgan fingerprint density at radius 3 is 2.32 bits per heavy atom. The van der Waals surface area contributed by atoms with Crippen LogP contribution in [0.5, 0.6) is 0 Å². The van der Waals surface area contributed by atoms with Crippen molar-refractivity contribution < 1.29 is 9.21 Å². The molecule has 2 heterocycles. The molecule has 1 fully saturated rings. The van der Waals surface area contributed by atoms with E-state index in [0.717, 1.165) is 59.7 Å². The number of amides is 1. The predicted molar refractivity (Wildman–Crippen MR) is 138 cm³/mol. The maximum absolute atomic E-state index is 13.3. The molecule has 1 aliphatic rings. The zero-order chi connectivity index (χ0) is 23.7. The number of nitrogens with one attached hydrogen (secondary N) is 1. The number of anilines is 1. The van der Waals surface area contributed by atoms with E-state index in [1.54, 1.807) is 0 Å². The summed E-state index contributed by atoms with van der Waals surface area (Å²) in [6.07, 6.45) is 0. The maximum Gasteiger partial charge on any atom is 0.255 e. The summed E-state index contributed by atoms with van der Waals surface area (Å²) in [6, 6.07) is 23.2. The van der Waals surface area contributed by atoms with E-state index in [1.807, 2.05) is 79.7 Å². The molecule has 0 bridgehead atoms. The van der Waals surface area contributed by atoms with Gasteiger partial charge in [0.1, 0.15) is 11.3 Å². The Balaban J connectivity index is 1.61. The highest BCUT2D eigenvalue weighted by Gasteiger charge is 2.32. The van der Waals surface area contributed by atoms with Gasteiger partial charge in [-0.2, -0.15) is 0 Å². The molecule has 0 saturated carbocycles. The van der Waals surface area contributed by atoms with Crippen LogP contribution in [0.15, 0.2) is 77.2 Å². The zero-order valence-electron chi connectivity index (χ0n) is 19.4. The van der Waals surface area contributed by atoms with Crippen molar-refractivity contribution in [2.75, 3.05) is 38.5 Å². The molecule has 1 aromatic heterocycles. The van der Waals surface area contributed by atoms with Gasteiger partial charge >= 0.3 is 0 Å². The minimum absolute atomic E-state index is 0.147. The van der Waals surface area contributed by atoms with Crippen LogP contribution in [0.25, 0.3) is 11.0 Å². The number of rotatable bonds is 5. The van der Waals surface area contributed by atoms with Crippen LogP contribution in [0.4, 0.5) is 5.69 Å². The van der Waals surface area contributed by atoms with Crippen LogP contribution in [0, 0.1) is 6.92 Å². The molecular formula is C28H28ClN3O2. The van der Waals surface area contributed by atoms with Gasteiger partial charge < -0.3 is 14.6 Å². The van der Waals surface area contributed by atoms with Gasteiger partial charge in [0.25, 0.3) is 5.91 Å². The standard InChI is InChI=1S/C28H28ClN3O2/c1-19-7-9-21(10-8-19)28(33)30-25-23-5-3-4-6-24(23)34-27(25)26(20-11-13-22(29)14-12-20)32-17-15-31(2)16-18-32/h3-14,26H,15-18H2,1-2H3,(H,30,33)/t26-/m0/s1. The van der Waals surface area contributed by atoms with Crippen LogP contribution >= 0.6 is 11.6 Å². The van der Waals surface area contributed by atoms with Crippen LogP contribution < -0.4 is 5.32 Å². The van der Waals surface area contributed by atoms with E-state index in [9.17, 15) is 4.79 Å². The number of carbonyl (C=O) groups is 1. The van der Waals surface area contributed by atoms with E-state index >= 15 is 0 Å². The van der Waals surface area contributed by atoms with Gasteiger partial charge in [-0.1, -0.05) is 53.6 Å². The smallest absolute Gasteiger partial charge is 0.255 e. The molecule has 1 N–H and O–H groups in total. The molecule has 1 aliphatic heterocycles. The molecule has 5 rings (SSSR count). The highest BCUT2D eigenvalue weighted by atomic mass is 35.5. The third-order valence-electron chi connectivity index (χ3n) is 6.51. The number of likely N-dealkylation sites (N-methyl/N-ethyl adjacent to an activating group) is 1. The SMILES string of the molecule is Cc1ccc(C(=O)Nc2c([C@H](c3ccc(Cl)cc3)N3CCN(C)CC3)oc3ccccc23)cc1. The second-order valence-electron chi connectivity index (χ2n) is 8.95. The molecule has 174 valence electrons. The first kappa shape index (κ1) is 22.7. The summed E-state index contributed by atoms with van der Waals surface area (Å²) in [7, 11) is 2.14. The third-order valence-corrected chi connectivity index (χ3v) is 6.76. The van der Waals surface area contributed by atoms with Crippen molar-refractivity contribution in [1.29, 1.82) is 0 Å². The third kappa shape index (κ3) is 4.60. The number of piperazine rings is 1. The average molecular weight is 474 g/mol. The number of furan rings is 1. The number of halogens is 1. The molecule has 0 aliphatic carbocycles. The molecule has 0 spiro atoms.